The van der Waals surface area contributed by atoms with Gasteiger partial charge in [-0.2, -0.15) is 0 Å². The van der Waals surface area contributed by atoms with Gasteiger partial charge in [-0.15, -0.1) is 11.3 Å². The van der Waals surface area contributed by atoms with E-state index in [0.717, 1.165) is 42.2 Å². The topological polar surface area (TPSA) is 49.3 Å². The maximum absolute atomic E-state index is 13.0. The lowest BCUT2D eigenvalue weighted by molar-refractivity contribution is -0.143. The Labute approximate surface area is 150 Å². The van der Waals surface area contributed by atoms with E-state index in [-0.39, 0.29) is 24.9 Å². The summed E-state index contributed by atoms with van der Waals surface area (Å²) in [5.74, 6) is 0.140. The van der Waals surface area contributed by atoms with Crippen molar-refractivity contribution < 1.29 is 9.18 Å². The Morgan fingerprint density at radius 2 is 2.04 bits per heavy atom. The van der Waals surface area contributed by atoms with Crippen molar-refractivity contribution in [1.82, 2.24) is 14.9 Å². The van der Waals surface area contributed by atoms with Crippen molar-refractivity contribution in [1.29, 1.82) is 0 Å². The van der Waals surface area contributed by atoms with Crippen molar-refractivity contribution in [3.8, 4) is 10.6 Å². The van der Waals surface area contributed by atoms with Gasteiger partial charge in [0.15, 0.2) is 0 Å². The molecule has 2 aromatic rings. The van der Waals surface area contributed by atoms with Gasteiger partial charge in [0.05, 0.1) is 25.0 Å². The Kier molecular flexibility index (Phi) is 4.41. The molecular weight excluding hydrogens is 339 g/mol. The van der Waals surface area contributed by atoms with Gasteiger partial charge in [0, 0.05) is 41.8 Å². The van der Waals surface area contributed by atoms with Crippen molar-refractivity contribution in [2.24, 2.45) is 5.92 Å². The monoisotopic (exact) mass is 360 g/mol. The molecule has 0 aromatic carbocycles. The zero-order valence-corrected chi connectivity index (χ0v) is 15.0. The number of aryl methyl sites for hydroxylation is 1. The van der Waals surface area contributed by atoms with Crippen molar-refractivity contribution in [3.63, 3.8) is 0 Å². The fourth-order valence-electron chi connectivity index (χ4n) is 3.53. The lowest BCUT2D eigenvalue weighted by Crippen LogP contribution is -2.54. The Bertz CT molecular complexity index is 766. The summed E-state index contributed by atoms with van der Waals surface area (Å²) in [5.41, 5.74) is 2.18. The van der Waals surface area contributed by atoms with Gasteiger partial charge in [-0.3, -0.25) is 9.78 Å². The molecule has 0 saturated carbocycles. The number of rotatable bonds is 3. The quantitative estimate of drug-likeness (QED) is 0.844. The molecule has 2 aliphatic rings. The number of hydrogen-bond acceptors (Lipinski definition) is 5. The zero-order valence-electron chi connectivity index (χ0n) is 14.2. The lowest BCUT2D eigenvalue weighted by Gasteiger charge is -2.40. The predicted octanol–water partition coefficient (Wildman–Crippen LogP) is 2.91. The normalized spacial score (nSPS) is 19.1. The fourth-order valence-corrected chi connectivity index (χ4v) is 4.33. The predicted molar refractivity (Wildman–Crippen MR) is 96.5 cm³/mol. The number of pyridine rings is 1. The average Bonchev–Trinajstić information content (AvgIpc) is 3.05. The number of amides is 1. The van der Waals surface area contributed by atoms with Crippen molar-refractivity contribution >= 4 is 22.9 Å². The van der Waals surface area contributed by atoms with E-state index in [4.69, 9.17) is 0 Å². The van der Waals surface area contributed by atoms with E-state index in [1.807, 2.05) is 18.5 Å². The number of hydrogen-bond donors (Lipinski definition) is 0. The molecule has 0 spiro atoms. The summed E-state index contributed by atoms with van der Waals surface area (Å²) in [5, 5.41) is 1.00. The number of aromatic nitrogens is 2. The fraction of sp³-hybridized carbons (Fsp3) is 0.500. The van der Waals surface area contributed by atoms with Crippen LogP contribution in [0, 0.1) is 12.8 Å². The molecule has 2 saturated heterocycles. The summed E-state index contributed by atoms with van der Waals surface area (Å²) >= 11 is 1.68. The van der Waals surface area contributed by atoms with Crippen LogP contribution in [0.3, 0.4) is 0 Å². The van der Waals surface area contributed by atoms with Crippen LogP contribution in [-0.4, -0.2) is 53.1 Å². The number of nitrogens with zero attached hydrogens (tertiary/aromatic N) is 4. The maximum atomic E-state index is 13.0. The molecule has 1 amide bonds. The van der Waals surface area contributed by atoms with Gasteiger partial charge in [-0.25, -0.2) is 9.37 Å². The van der Waals surface area contributed by atoms with Gasteiger partial charge in [0.2, 0.25) is 5.91 Å². The molecule has 0 atom stereocenters. The van der Waals surface area contributed by atoms with Gasteiger partial charge in [0.1, 0.15) is 11.2 Å². The highest BCUT2D eigenvalue weighted by Gasteiger charge is 2.36. The number of piperidine rings is 1. The first kappa shape index (κ1) is 16.4. The number of carbonyl (C=O) groups excluding carboxylic acids is 1. The van der Waals surface area contributed by atoms with Gasteiger partial charge >= 0.3 is 0 Å². The smallest absolute Gasteiger partial charge is 0.226 e. The molecular formula is C18H21FN4OS. The average molecular weight is 360 g/mol. The first-order valence-electron chi connectivity index (χ1n) is 8.66. The van der Waals surface area contributed by atoms with Gasteiger partial charge in [-0.1, -0.05) is 0 Å². The SMILES string of the molecule is Cc1cnc(-c2ccncc2N2CCC(C(=O)N3CC(F)C3)CC2)s1. The summed E-state index contributed by atoms with van der Waals surface area (Å²) in [4.78, 5) is 26.3. The van der Waals surface area contributed by atoms with E-state index in [9.17, 15) is 9.18 Å². The maximum Gasteiger partial charge on any atom is 0.226 e. The molecule has 0 unspecified atom stereocenters. The second-order valence-corrected chi connectivity index (χ2v) is 8.01. The van der Waals surface area contributed by atoms with Crippen LogP contribution < -0.4 is 4.90 Å². The Balaban J connectivity index is 1.45. The minimum atomic E-state index is -0.830. The van der Waals surface area contributed by atoms with E-state index in [1.54, 1.807) is 22.4 Å². The third kappa shape index (κ3) is 3.25. The minimum absolute atomic E-state index is 0.0194. The number of thiazole rings is 1. The molecule has 132 valence electrons. The van der Waals surface area contributed by atoms with Gasteiger partial charge in [-0.05, 0) is 25.8 Å². The van der Waals surface area contributed by atoms with Crippen LogP contribution in [0.2, 0.25) is 0 Å². The Morgan fingerprint density at radius 3 is 2.68 bits per heavy atom. The number of likely N-dealkylation sites (tertiary alicyclic amines) is 1. The number of alkyl halides is 1. The third-order valence-electron chi connectivity index (χ3n) is 4.99. The highest BCUT2D eigenvalue weighted by atomic mass is 32.1. The van der Waals surface area contributed by atoms with E-state index in [2.05, 4.69) is 21.8 Å². The second kappa shape index (κ2) is 6.71. The standard InChI is InChI=1S/C18H21FN4OS/c1-12-8-21-17(25-12)15-2-5-20-9-16(15)22-6-3-13(4-7-22)18(24)23-10-14(19)11-23/h2,5,8-9,13-14H,3-4,6-7,10-11H2,1H3. The van der Waals surface area contributed by atoms with Crippen molar-refractivity contribution in [2.45, 2.75) is 25.9 Å². The molecule has 0 radical (unpaired) electrons. The zero-order chi connectivity index (χ0) is 17.4. The molecule has 4 heterocycles. The second-order valence-electron chi connectivity index (χ2n) is 6.77. The summed E-state index contributed by atoms with van der Waals surface area (Å²) in [7, 11) is 0. The molecule has 0 bridgehead atoms. The Morgan fingerprint density at radius 1 is 1.28 bits per heavy atom. The first-order chi connectivity index (χ1) is 12.1. The summed E-state index contributed by atoms with van der Waals surface area (Å²) in [6, 6.07) is 2.01. The highest BCUT2D eigenvalue weighted by molar-refractivity contribution is 7.15. The molecule has 2 aliphatic heterocycles. The molecule has 0 aliphatic carbocycles. The largest absolute Gasteiger partial charge is 0.370 e. The molecule has 5 nitrogen and oxygen atoms in total. The molecule has 4 rings (SSSR count). The molecule has 0 N–H and O–H groups in total. The van der Waals surface area contributed by atoms with E-state index < -0.39 is 6.17 Å². The molecule has 25 heavy (non-hydrogen) atoms. The lowest BCUT2D eigenvalue weighted by atomic mass is 9.93. The van der Waals surface area contributed by atoms with Crippen LogP contribution in [0.5, 0.6) is 0 Å². The van der Waals surface area contributed by atoms with Crippen LogP contribution in [0.15, 0.2) is 24.7 Å². The van der Waals surface area contributed by atoms with Gasteiger partial charge in [0.25, 0.3) is 0 Å². The van der Waals surface area contributed by atoms with Crippen molar-refractivity contribution in [3.05, 3.63) is 29.5 Å². The summed E-state index contributed by atoms with van der Waals surface area (Å²) < 4.78 is 13.0. The third-order valence-corrected chi connectivity index (χ3v) is 5.93. The summed E-state index contributed by atoms with van der Waals surface area (Å²) in [6.07, 6.45) is 6.35. The van der Waals surface area contributed by atoms with Crippen molar-refractivity contribution in [2.75, 3.05) is 31.1 Å². The van der Waals surface area contributed by atoms with Crippen LogP contribution in [0.4, 0.5) is 10.1 Å². The van der Waals surface area contributed by atoms with E-state index >= 15 is 0 Å². The number of halogens is 1. The van der Waals surface area contributed by atoms with Gasteiger partial charge < -0.3 is 9.80 Å². The van der Waals surface area contributed by atoms with Crippen LogP contribution in [0.25, 0.3) is 10.6 Å². The highest BCUT2D eigenvalue weighted by Crippen LogP contribution is 2.35. The molecule has 2 aromatic heterocycles. The van der Waals surface area contributed by atoms with Crippen LogP contribution in [0.1, 0.15) is 17.7 Å². The molecule has 7 heteroatoms. The Hall–Kier alpha value is -2.02. The van der Waals surface area contributed by atoms with Crippen LogP contribution in [-0.2, 0) is 4.79 Å². The van der Waals surface area contributed by atoms with E-state index in [0.29, 0.717) is 0 Å². The number of anilines is 1. The first-order valence-corrected chi connectivity index (χ1v) is 9.48. The number of carbonyl (C=O) groups is 1. The van der Waals surface area contributed by atoms with E-state index in [1.165, 1.54) is 4.88 Å². The molecule has 2 fully saturated rings. The summed E-state index contributed by atoms with van der Waals surface area (Å²) in [6.45, 7) is 4.22. The van der Waals surface area contributed by atoms with Crippen LogP contribution >= 0.6 is 11.3 Å². The minimum Gasteiger partial charge on any atom is -0.370 e.